The maximum absolute atomic E-state index is 12.0. The number of esters is 2. The highest BCUT2D eigenvalue weighted by Crippen LogP contribution is 2.10. The summed E-state index contributed by atoms with van der Waals surface area (Å²) in [7, 11) is 1.42. The smallest absolute Gasteiger partial charge is 0.337 e. The van der Waals surface area contributed by atoms with Crippen LogP contribution in [0.15, 0.2) is 11.3 Å². The molecule has 0 aliphatic carbocycles. The number of carbonyl (C=O) groups is 2. The lowest BCUT2D eigenvalue weighted by Gasteiger charge is -2.20. The van der Waals surface area contributed by atoms with E-state index in [0.29, 0.717) is 30.3 Å². The quantitative estimate of drug-likeness (QED) is 0.335. The average molecular weight is 356 g/mol. The summed E-state index contributed by atoms with van der Waals surface area (Å²) in [4.78, 5) is 22.9. The number of rotatable bonds is 11. The van der Waals surface area contributed by atoms with Crippen molar-refractivity contribution in [2.45, 2.75) is 58.3 Å². The van der Waals surface area contributed by atoms with Crippen LogP contribution in [0.25, 0.3) is 0 Å². The number of allylic oxidation sites excluding steroid dienone is 1. The first kappa shape index (κ1) is 20.4. The van der Waals surface area contributed by atoms with Crippen LogP contribution in [0.1, 0.15) is 58.3 Å². The van der Waals surface area contributed by atoms with E-state index < -0.39 is 0 Å². The Kier molecular flexibility index (Phi) is 10.1. The molecule has 0 bridgehead atoms. The summed E-state index contributed by atoms with van der Waals surface area (Å²) >= 11 is 4.98. The summed E-state index contributed by atoms with van der Waals surface area (Å²) in [6, 6.07) is 0. The Hall–Kier alpha value is -1.63. The Morgan fingerprint density at radius 3 is 2.33 bits per heavy atom. The van der Waals surface area contributed by atoms with Crippen LogP contribution in [0.2, 0.25) is 0 Å². The molecule has 0 fully saturated rings. The standard InChI is InChI=1S/C17H28N2O4S/c1-13-14(12-18-17(24)19-13)16(21)23-11-9-7-5-3-4-6-8-10-15(20)22-2/h3-12H2,1-2H3,(H2,18,19,24). The summed E-state index contributed by atoms with van der Waals surface area (Å²) in [5, 5.41) is 6.39. The number of thiocarbonyl (C=S) groups is 1. The van der Waals surface area contributed by atoms with Crippen LogP contribution in [0, 0.1) is 0 Å². The molecule has 1 aliphatic rings. The van der Waals surface area contributed by atoms with Gasteiger partial charge < -0.3 is 20.1 Å². The summed E-state index contributed by atoms with van der Waals surface area (Å²) in [5.41, 5.74) is 1.37. The molecule has 0 amide bonds. The first-order valence-electron chi connectivity index (χ1n) is 8.53. The summed E-state index contributed by atoms with van der Waals surface area (Å²) < 4.78 is 9.90. The molecule has 1 heterocycles. The highest BCUT2D eigenvalue weighted by molar-refractivity contribution is 7.80. The number of hydrogen-bond acceptors (Lipinski definition) is 5. The molecule has 0 radical (unpaired) electrons. The van der Waals surface area contributed by atoms with E-state index in [1.165, 1.54) is 7.11 Å². The Morgan fingerprint density at radius 1 is 1.08 bits per heavy atom. The van der Waals surface area contributed by atoms with Gasteiger partial charge in [-0.2, -0.15) is 0 Å². The Bertz CT molecular complexity index is 477. The molecule has 0 aromatic heterocycles. The fourth-order valence-electron chi connectivity index (χ4n) is 2.43. The van der Waals surface area contributed by atoms with E-state index in [-0.39, 0.29) is 11.9 Å². The summed E-state index contributed by atoms with van der Waals surface area (Å²) in [5.74, 6) is -0.412. The van der Waals surface area contributed by atoms with E-state index in [1.807, 2.05) is 6.92 Å². The highest BCUT2D eigenvalue weighted by Gasteiger charge is 2.19. The first-order chi connectivity index (χ1) is 11.5. The van der Waals surface area contributed by atoms with Gasteiger partial charge in [-0.15, -0.1) is 0 Å². The van der Waals surface area contributed by atoms with Crippen LogP contribution in [-0.4, -0.2) is 37.3 Å². The number of hydrogen-bond donors (Lipinski definition) is 2. The molecule has 0 saturated heterocycles. The van der Waals surface area contributed by atoms with Gasteiger partial charge in [0.15, 0.2) is 5.11 Å². The molecule has 24 heavy (non-hydrogen) atoms. The second-order valence-electron chi connectivity index (χ2n) is 5.85. The van der Waals surface area contributed by atoms with Gasteiger partial charge in [0.25, 0.3) is 0 Å². The summed E-state index contributed by atoms with van der Waals surface area (Å²) in [6.45, 7) is 2.69. The lowest BCUT2D eigenvalue weighted by Crippen LogP contribution is -2.42. The van der Waals surface area contributed by atoms with Crippen LogP contribution < -0.4 is 10.6 Å². The predicted molar refractivity (Wildman–Crippen MR) is 96.3 cm³/mol. The maximum atomic E-state index is 12.0. The van der Waals surface area contributed by atoms with Gasteiger partial charge in [0, 0.05) is 12.1 Å². The van der Waals surface area contributed by atoms with Crippen molar-refractivity contribution in [3.8, 4) is 0 Å². The molecule has 0 atom stereocenters. The first-order valence-corrected chi connectivity index (χ1v) is 8.94. The van der Waals surface area contributed by atoms with Crippen molar-refractivity contribution < 1.29 is 19.1 Å². The van der Waals surface area contributed by atoms with Crippen molar-refractivity contribution >= 4 is 29.3 Å². The minimum atomic E-state index is -0.280. The normalized spacial score (nSPS) is 14.0. The van der Waals surface area contributed by atoms with Crippen molar-refractivity contribution in [3.05, 3.63) is 11.3 Å². The highest BCUT2D eigenvalue weighted by atomic mass is 32.1. The molecule has 0 saturated carbocycles. The molecule has 136 valence electrons. The number of ether oxygens (including phenoxy) is 2. The van der Waals surface area contributed by atoms with E-state index in [4.69, 9.17) is 17.0 Å². The van der Waals surface area contributed by atoms with Crippen molar-refractivity contribution in [2.75, 3.05) is 20.3 Å². The van der Waals surface area contributed by atoms with E-state index in [2.05, 4.69) is 15.4 Å². The van der Waals surface area contributed by atoms with Gasteiger partial charge in [-0.05, 0) is 32.0 Å². The average Bonchev–Trinajstić information content (AvgIpc) is 2.56. The van der Waals surface area contributed by atoms with Gasteiger partial charge in [0.2, 0.25) is 0 Å². The number of nitrogens with one attached hydrogen (secondary N) is 2. The van der Waals surface area contributed by atoms with Gasteiger partial charge >= 0.3 is 11.9 Å². The molecular weight excluding hydrogens is 328 g/mol. The van der Waals surface area contributed by atoms with Gasteiger partial charge in [-0.1, -0.05) is 32.1 Å². The van der Waals surface area contributed by atoms with Gasteiger partial charge in [-0.25, -0.2) is 4.79 Å². The Labute approximate surface area is 149 Å². The van der Waals surface area contributed by atoms with Crippen molar-refractivity contribution in [2.24, 2.45) is 0 Å². The third-order valence-electron chi connectivity index (χ3n) is 3.91. The molecule has 7 heteroatoms. The molecule has 0 aromatic rings. The monoisotopic (exact) mass is 356 g/mol. The fourth-order valence-corrected chi connectivity index (χ4v) is 2.65. The molecule has 1 aliphatic heterocycles. The summed E-state index contributed by atoms with van der Waals surface area (Å²) in [6.07, 6.45) is 7.77. The van der Waals surface area contributed by atoms with Gasteiger partial charge in [-0.3, -0.25) is 4.79 Å². The molecule has 2 N–H and O–H groups in total. The molecule has 6 nitrogen and oxygen atoms in total. The van der Waals surface area contributed by atoms with E-state index in [1.54, 1.807) is 0 Å². The lowest BCUT2D eigenvalue weighted by atomic mass is 10.1. The van der Waals surface area contributed by atoms with E-state index in [9.17, 15) is 9.59 Å². The predicted octanol–water partition coefficient (Wildman–Crippen LogP) is 2.58. The zero-order chi connectivity index (χ0) is 17.8. The van der Waals surface area contributed by atoms with E-state index >= 15 is 0 Å². The van der Waals surface area contributed by atoms with Crippen molar-refractivity contribution in [3.63, 3.8) is 0 Å². The van der Waals surface area contributed by atoms with Crippen LogP contribution in [-0.2, 0) is 19.1 Å². The van der Waals surface area contributed by atoms with Crippen LogP contribution >= 0.6 is 12.2 Å². The van der Waals surface area contributed by atoms with Crippen molar-refractivity contribution in [1.82, 2.24) is 10.6 Å². The largest absolute Gasteiger partial charge is 0.469 e. The zero-order valence-corrected chi connectivity index (χ0v) is 15.4. The topological polar surface area (TPSA) is 76.7 Å². The SMILES string of the molecule is COC(=O)CCCCCCCCCOC(=O)C1=C(C)NC(=S)NC1. The lowest BCUT2D eigenvalue weighted by molar-refractivity contribution is -0.141. The minimum Gasteiger partial charge on any atom is -0.469 e. The van der Waals surface area contributed by atoms with Crippen LogP contribution in [0.4, 0.5) is 0 Å². The van der Waals surface area contributed by atoms with Crippen LogP contribution in [0.5, 0.6) is 0 Å². The van der Waals surface area contributed by atoms with E-state index in [0.717, 1.165) is 50.6 Å². The second-order valence-corrected chi connectivity index (χ2v) is 6.26. The number of methoxy groups -OCH3 is 1. The van der Waals surface area contributed by atoms with Crippen molar-refractivity contribution in [1.29, 1.82) is 0 Å². The van der Waals surface area contributed by atoms with Gasteiger partial charge in [0.05, 0.1) is 25.8 Å². The molecule has 1 rings (SSSR count). The van der Waals surface area contributed by atoms with Crippen LogP contribution in [0.3, 0.4) is 0 Å². The molecule has 0 aromatic carbocycles. The third kappa shape index (κ3) is 8.29. The maximum Gasteiger partial charge on any atom is 0.337 e. The zero-order valence-electron chi connectivity index (χ0n) is 14.6. The second kappa shape index (κ2) is 11.8. The molecule has 0 unspecified atom stereocenters. The fraction of sp³-hybridized carbons (Fsp3) is 0.706. The van der Waals surface area contributed by atoms with Gasteiger partial charge in [0.1, 0.15) is 0 Å². The molecular formula is C17H28N2O4S. The molecule has 0 spiro atoms. The number of carbonyl (C=O) groups excluding carboxylic acids is 2. The Morgan fingerprint density at radius 2 is 1.71 bits per heavy atom. The number of unbranched alkanes of at least 4 members (excludes halogenated alkanes) is 6. The Balaban J connectivity index is 1.99. The minimum absolute atomic E-state index is 0.132. The third-order valence-corrected chi connectivity index (χ3v) is 4.16.